The number of aryl methyl sites for hydroxylation is 1. The van der Waals surface area contributed by atoms with Gasteiger partial charge in [0, 0.05) is 30.4 Å². The van der Waals surface area contributed by atoms with Crippen LogP contribution in [0.2, 0.25) is 0 Å². The van der Waals surface area contributed by atoms with E-state index in [1.165, 1.54) is 17.1 Å². The summed E-state index contributed by atoms with van der Waals surface area (Å²) in [6.07, 6.45) is 2.97. The monoisotopic (exact) mass is 389 g/mol. The summed E-state index contributed by atoms with van der Waals surface area (Å²) in [6.45, 7) is 9.21. The van der Waals surface area contributed by atoms with Crippen molar-refractivity contribution < 1.29 is 19.0 Å². The molecule has 0 spiro atoms. The smallest absolute Gasteiger partial charge is 0.256 e. The lowest BCUT2D eigenvalue weighted by Gasteiger charge is -2.17. The quantitative estimate of drug-likeness (QED) is 0.670. The van der Waals surface area contributed by atoms with E-state index in [4.69, 9.17) is 14.2 Å². The zero-order valence-electron chi connectivity index (χ0n) is 16.8. The van der Waals surface area contributed by atoms with Gasteiger partial charge in [-0.1, -0.05) is 0 Å². The first-order valence-electron chi connectivity index (χ1n) is 9.37. The zero-order chi connectivity index (χ0) is 20.5. The van der Waals surface area contributed by atoms with Crippen LogP contribution in [0.25, 0.3) is 0 Å². The third-order valence-electron chi connectivity index (χ3n) is 3.88. The molecule has 28 heavy (non-hydrogen) atoms. The third-order valence-corrected chi connectivity index (χ3v) is 3.88. The Hall–Kier alpha value is -3.03. The highest BCUT2D eigenvalue weighted by Crippen LogP contribution is 2.39. The van der Waals surface area contributed by atoms with Gasteiger partial charge in [-0.15, -0.1) is 0 Å². The van der Waals surface area contributed by atoms with E-state index in [9.17, 15) is 9.59 Å². The fourth-order valence-electron chi connectivity index (χ4n) is 2.63. The van der Waals surface area contributed by atoms with Crippen LogP contribution < -0.4 is 25.1 Å². The Morgan fingerprint density at radius 3 is 2.25 bits per heavy atom. The second-order valence-electron chi connectivity index (χ2n) is 5.93. The fraction of sp³-hybridized carbons (Fsp3) is 0.450. The Morgan fingerprint density at radius 2 is 1.68 bits per heavy atom. The van der Waals surface area contributed by atoms with Crippen molar-refractivity contribution in [2.75, 3.05) is 26.4 Å². The number of rotatable bonds is 10. The predicted molar refractivity (Wildman–Crippen MR) is 106 cm³/mol. The molecule has 0 saturated carbocycles. The van der Waals surface area contributed by atoms with Crippen molar-refractivity contribution in [3.8, 4) is 17.2 Å². The van der Waals surface area contributed by atoms with Crippen molar-refractivity contribution in [1.82, 2.24) is 14.9 Å². The molecule has 0 aliphatic rings. The lowest BCUT2D eigenvalue weighted by molar-refractivity contribution is 0.0951. The minimum Gasteiger partial charge on any atom is -0.490 e. The Bertz CT molecular complexity index is 836. The molecule has 2 aromatic rings. The van der Waals surface area contributed by atoms with Gasteiger partial charge in [-0.2, -0.15) is 0 Å². The van der Waals surface area contributed by atoms with Gasteiger partial charge in [0.2, 0.25) is 5.75 Å². The summed E-state index contributed by atoms with van der Waals surface area (Å²) in [5, 5.41) is 2.81. The molecule has 2 rings (SSSR count). The van der Waals surface area contributed by atoms with Crippen LogP contribution in [-0.2, 0) is 6.54 Å². The summed E-state index contributed by atoms with van der Waals surface area (Å²) in [5.74, 6) is 1.11. The molecule has 0 fully saturated rings. The van der Waals surface area contributed by atoms with Crippen molar-refractivity contribution in [2.45, 2.75) is 34.2 Å². The van der Waals surface area contributed by atoms with Crippen molar-refractivity contribution in [1.29, 1.82) is 0 Å². The molecule has 1 aromatic heterocycles. The summed E-state index contributed by atoms with van der Waals surface area (Å²) in [4.78, 5) is 28.6. The number of nitrogens with zero attached hydrogens (tertiary/aromatic N) is 2. The van der Waals surface area contributed by atoms with E-state index in [2.05, 4.69) is 10.3 Å². The molecule has 0 aliphatic heterocycles. The first-order valence-corrected chi connectivity index (χ1v) is 9.37. The number of carbonyl (C=O) groups excluding carboxylic acids is 1. The molecule has 0 bridgehead atoms. The van der Waals surface area contributed by atoms with Crippen LogP contribution >= 0.6 is 0 Å². The Labute approximate surface area is 164 Å². The number of ether oxygens (including phenoxy) is 3. The van der Waals surface area contributed by atoms with Gasteiger partial charge >= 0.3 is 0 Å². The number of amides is 1. The van der Waals surface area contributed by atoms with E-state index in [0.717, 1.165) is 0 Å². The molecular formula is C20H27N3O5. The van der Waals surface area contributed by atoms with E-state index in [0.29, 0.717) is 54.7 Å². The van der Waals surface area contributed by atoms with Crippen molar-refractivity contribution >= 4 is 5.91 Å². The maximum atomic E-state index is 12.6. The molecule has 1 N–H and O–H groups in total. The maximum Gasteiger partial charge on any atom is 0.256 e. The van der Waals surface area contributed by atoms with Gasteiger partial charge in [0.15, 0.2) is 11.5 Å². The molecule has 1 amide bonds. The molecule has 0 atom stereocenters. The first-order chi connectivity index (χ1) is 13.5. The second kappa shape index (κ2) is 10.3. The lowest BCUT2D eigenvalue weighted by Crippen LogP contribution is -2.31. The summed E-state index contributed by atoms with van der Waals surface area (Å²) in [5.41, 5.74) is 0.829. The molecule has 8 nitrogen and oxygen atoms in total. The highest BCUT2D eigenvalue weighted by atomic mass is 16.5. The van der Waals surface area contributed by atoms with Crippen LogP contribution in [0.15, 0.2) is 29.5 Å². The summed E-state index contributed by atoms with van der Waals surface area (Å²) < 4.78 is 18.4. The molecule has 0 aliphatic carbocycles. The highest BCUT2D eigenvalue weighted by Gasteiger charge is 2.18. The molecule has 0 unspecified atom stereocenters. The molecule has 0 radical (unpaired) electrons. The lowest BCUT2D eigenvalue weighted by atomic mass is 10.1. The van der Waals surface area contributed by atoms with E-state index in [-0.39, 0.29) is 18.0 Å². The van der Waals surface area contributed by atoms with Crippen molar-refractivity contribution in [3.05, 3.63) is 46.1 Å². The minimum atomic E-state index is -0.293. The van der Waals surface area contributed by atoms with Gasteiger partial charge in [-0.05, 0) is 39.8 Å². The summed E-state index contributed by atoms with van der Waals surface area (Å²) in [7, 11) is 0. The molecule has 8 heteroatoms. The summed E-state index contributed by atoms with van der Waals surface area (Å²) >= 11 is 0. The third kappa shape index (κ3) is 5.25. The average molecular weight is 389 g/mol. The Kier molecular flexibility index (Phi) is 7.86. The van der Waals surface area contributed by atoms with Crippen LogP contribution in [0.5, 0.6) is 17.2 Å². The Morgan fingerprint density at radius 1 is 1.07 bits per heavy atom. The van der Waals surface area contributed by atoms with E-state index < -0.39 is 0 Å². The van der Waals surface area contributed by atoms with Crippen molar-refractivity contribution in [2.24, 2.45) is 0 Å². The highest BCUT2D eigenvalue weighted by molar-refractivity contribution is 5.95. The van der Waals surface area contributed by atoms with Crippen LogP contribution in [-0.4, -0.2) is 41.8 Å². The molecular weight excluding hydrogens is 362 g/mol. The fourth-order valence-corrected chi connectivity index (χ4v) is 2.63. The van der Waals surface area contributed by atoms with E-state index in [1.54, 1.807) is 19.1 Å². The maximum absolute atomic E-state index is 12.6. The zero-order valence-corrected chi connectivity index (χ0v) is 16.8. The number of carbonyl (C=O) groups is 1. The average Bonchev–Trinajstić information content (AvgIpc) is 2.67. The van der Waals surface area contributed by atoms with E-state index in [1.807, 2.05) is 20.8 Å². The first kappa shape index (κ1) is 21.3. The van der Waals surface area contributed by atoms with Crippen LogP contribution in [0.4, 0.5) is 0 Å². The van der Waals surface area contributed by atoms with Gasteiger partial charge < -0.3 is 19.5 Å². The van der Waals surface area contributed by atoms with Gasteiger partial charge in [0.05, 0.1) is 26.1 Å². The minimum absolute atomic E-state index is 0.123. The van der Waals surface area contributed by atoms with Crippen molar-refractivity contribution in [3.63, 3.8) is 0 Å². The summed E-state index contributed by atoms with van der Waals surface area (Å²) in [6, 6.07) is 3.26. The van der Waals surface area contributed by atoms with Crippen LogP contribution in [0.3, 0.4) is 0 Å². The molecule has 152 valence electrons. The molecule has 0 saturated heterocycles. The second-order valence-corrected chi connectivity index (χ2v) is 5.93. The SMILES string of the molecule is CCOc1cc(C(=O)NCCn2cncc(C)c2=O)cc(OCC)c1OCC. The predicted octanol–water partition coefficient (Wildman–Crippen LogP) is 2.18. The molecule has 1 aromatic carbocycles. The number of hydrogen-bond acceptors (Lipinski definition) is 6. The van der Waals surface area contributed by atoms with Gasteiger partial charge in [0.1, 0.15) is 0 Å². The van der Waals surface area contributed by atoms with E-state index >= 15 is 0 Å². The van der Waals surface area contributed by atoms with Crippen LogP contribution in [0.1, 0.15) is 36.7 Å². The van der Waals surface area contributed by atoms with Crippen LogP contribution in [0, 0.1) is 6.92 Å². The van der Waals surface area contributed by atoms with Gasteiger partial charge in [0.25, 0.3) is 11.5 Å². The normalized spacial score (nSPS) is 10.4. The Balaban J connectivity index is 2.17. The number of benzene rings is 1. The number of hydrogen-bond donors (Lipinski definition) is 1. The number of nitrogens with one attached hydrogen (secondary N) is 1. The van der Waals surface area contributed by atoms with Gasteiger partial charge in [-0.25, -0.2) is 4.98 Å². The largest absolute Gasteiger partial charge is 0.490 e. The van der Waals surface area contributed by atoms with Gasteiger partial charge in [-0.3, -0.25) is 14.2 Å². The molecule has 1 heterocycles. The topological polar surface area (TPSA) is 91.7 Å². The number of aromatic nitrogens is 2. The standard InChI is InChI=1S/C20H27N3O5/c1-5-26-16-10-15(11-17(27-6-2)18(16)28-7-3)19(24)22-8-9-23-13-21-12-14(4)20(23)25/h10-13H,5-9H2,1-4H3,(H,22,24).